The number of benzene rings is 2. The van der Waals surface area contributed by atoms with E-state index in [1.807, 2.05) is 6.07 Å². The van der Waals surface area contributed by atoms with E-state index in [9.17, 15) is 13.6 Å². The van der Waals surface area contributed by atoms with Crippen LogP contribution in [-0.4, -0.2) is 21.5 Å². The van der Waals surface area contributed by atoms with E-state index in [1.54, 1.807) is 36.2 Å². The smallest absolute Gasteiger partial charge is 0.262 e. The predicted octanol–water partition coefficient (Wildman–Crippen LogP) is 2.83. The number of halogens is 2. The summed E-state index contributed by atoms with van der Waals surface area (Å²) >= 11 is 0. The first-order valence-electron chi connectivity index (χ1n) is 7.97. The van der Waals surface area contributed by atoms with Crippen molar-refractivity contribution in [1.29, 1.82) is 5.26 Å². The highest BCUT2D eigenvalue weighted by atomic mass is 19.1. The first kappa shape index (κ1) is 17.7. The van der Waals surface area contributed by atoms with Gasteiger partial charge < -0.3 is 0 Å². The van der Waals surface area contributed by atoms with Gasteiger partial charge in [-0.05, 0) is 25.2 Å². The Bertz CT molecular complexity index is 1060. The second-order valence-electron chi connectivity index (χ2n) is 6.00. The zero-order chi connectivity index (χ0) is 18.7. The maximum atomic E-state index is 13.8. The van der Waals surface area contributed by atoms with Crippen LogP contribution in [0, 0.1) is 23.0 Å². The maximum Gasteiger partial charge on any atom is 0.262 e. The molecule has 132 valence electrons. The first-order valence-corrected chi connectivity index (χ1v) is 7.97. The van der Waals surface area contributed by atoms with E-state index in [0.29, 0.717) is 22.3 Å². The van der Waals surface area contributed by atoms with E-state index in [1.165, 1.54) is 16.7 Å². The Hall–Kier alpha value is -3.11. The van der Waals surface area contributed by atoms with Gasteiger partial charge in [-0.15, -0.1) is 0 Å². The topological polar surface area (TPSA) is 61.9 Å². The van der Waals surface area contributed by atoms with Crippen molar-refractivity contribution in [1.82, 2.24) is 14.5 Å². The Kier molecular flexibility index (Phi) is 5.05. The Balaban J connectivity index is 1.93. The molecule has 0 fully saturated rings. The minimum atomic E-state index is -0.632. The van der Waals surface area contributed by atoms with Crippen LogP contribution < -0.4 is 5.56 Å². The predicted molar refractivity (Wildman–Crippen MR) is 93.1 cm³/mol. The molecule has 7 heteroatoms. The van der Waals surface area contributed by atoms with E-state index < -0.39 is 11.6 Å². The second kappa shape index (κ2) is 7.42. The maximum absolute atomic E-state index is 13.8. The lowest BCUT2D eigenvalue weighted by Crippen LogP contribution is -2.29. The summed E-state index contributed by atoms with van der Waals surface area (Å²) in [7, 11) is 1.74. The van der Waals surface area contributed by atoms with Crippen LogP contribution in [0.3, 0.4) is 0 Å². The molecule has 0 spiro atoms. The number of hydrogen-bond acceptors (Lipinski definition) is 4. The molecule has 0 aliphatic carbocycles. The Morgan fingerprint density at radius 1 is 1.19 bits per heavy atom. The highest BCUT2D eigenvalue weighted by Crippen LogP contribution is 2.14. The van der Waals surface area contributed by atoms with Crippen molar-refractivity contribution in [3.63, 3.8) is 0 Å². The van der Waals surface area contributed by atoms with Crippen LogP contribution in [0.25, 0.3) is 10.9 Å². The summed E-state index contributed by atoms with van der Waals surface area (Å²) in [5.41, 5.74) is 0.598. The van der Waals surface area contributed by atoms with Gasteiger partial charge in [0.15, 0.2) is 0 Å². The van der Waals surface area contributed by atoms with Crippen molar-refractivity contribution in [2.24, 2.45) is 0 Å². The Morgan fingerprint density at radius 3 is 2.69 bits per heavy atom. The van der Waals surface area contributed by atoms with Crippen molar-refractivity contribution in [3.05, 3.63) is 75.8 Å². The molecule has 0 unspecified atom stereocenters. The second-order valence-corrected chi connectivity index (χ2v) is 6.00. The third kappa shape index (κ3) is 3.60. The minimum absolute atomic E-state index is 0.120. The molecule has 0 saturated heterocycles. The molecule has 5 nitrogen and oxygen atoms in total. The fraction of sp³-hybridized carbons (Fsp3) is 0.211. The number of nitrogens with zero attached hydrogens (tertiary/aromatic N) is 4. The fourth-order valence-corrected chi connectivity index (χ4v) is 2.81. The standard InChI is InChI=1S/C19H16F2N4O/c1-24(11-13-6-7-14(20)10-16(13)21)12-18-23-17-5-3-2-4-15(17)19(26)25(18)9-8-22/h2-7,10H,9,11-12H2,1H3. The van der Waals surface area contributed by atoms with Gasteiger partial charge in [-0.3, -0.25) is 14.3 Å². The lowest BCUT2D eigenvalue weighted by Gasteiger charge is -2.19. The number of rotatable bonds is 5. The van der Waals surface area contributed by atoms with Gasteiger partial charge in [-0.2, -0.15) is 5.26 Å². The van der Waals surface area contributed by atoms with Gasteiger partial charge in [0.1, 0.15) is 24.0 Å². The van der Waals surface area contributed by atoms with Crippen LogP contribution in [-0.2, 0) is 19.6 Å². The van der Waals surface area contributed by atoms with Crippen LogP contribution in [0.2, 0.25) is 0 Å². The molecule has 3 aromatic rings. The fourth-order valence-electron chi connectivity index (χ4n) is 2.81. The van der Waals surface area contributed by atoms with Crippen LogP contribution >= 0.6 is 0 Å². The lowest BCUT2D eigenvalue weighted by atomic mass is 10.2. The van der Waals surface area contributed by atoms with E-state index in [2.05, 4.69) is 4.98 Å². The monoisotopic (exact) mass is 354 g/mol. The first-order chi connectivity index (χ1) is 12.5. The molecule has 0 amide bonds. The Labute approximate surface area is 148 Å². The highest BCUT2D eigenvalue weighted by molar-refractivity contribution is 5.77. The average molecular weight is 354 g/mol. The molecular weight excluding hydrogens is 338 g/mol. The zero-order valence-corrected chi connectivity index (χ0v) is 14.1. The lowest BCUT2D eigenvalue weighted by molar-refractivity contribution is 0.299. The molecule has 2 aromatic carbocycles. The van der Waals surface area contributed by atoms with Crippen LogP contribution in [0.15, 0.2) is 47.3 Å². The molecule has 0 bridgehead atoms. The summed E-state index contributed by atoms with van der Waals surface area (Å²) in [5, 5.41) is 9.48. The number of para-hydroxylation sites is 1. The number of hydrogen-bond donors (Lipinski definition) is 0. The van der Waals surface area contributed by atoms with Crippen molar-refractivity contribution >= 4 is 10.9 Å². The molecular formula is C19H16F2N4O. The average Bonchev–Trinajstić information content (AvgIpc) is 2.61. The highest BCUT2D eigenvalue weighted by Gasteiger charge is 2.14. The van der Waals surface area contributed by atoms with E-state index in [-0.39, 0.29) is 25.2 Å². The summed E-state index contributed by atoms with van der Waals surface area (Å²) in [6.45, 7) is 0.324. The van der Waals surface area contributed by atoms with Gasteiger partial charge in [0.05, 0.1) is 23.5 Å². The van der Waals surface area contributed by atoms with Crippen LogP contribution in [0.1, 0.15) is 11.4 Å². The van der Waals surface area contributed by atoms with Gasteiger partial charge in [-0.1, -0.05) is 18.2 Å². The molecule has 0 atom stereocenters. The molecule has 0 radical (unpaired) electrons. The van der Waals surface area contributed by atoms with Gasteiger partial charge >= 0.3 is 0 Å². The quantitative estimate of drug-likeness (QED) is 0.707. The molecule has 1 heterocycles. The molecule has 3 rings (SSSR count). The molecule has 0 aliphatic rings. The van der Waals surface area contributed by atoms with Gasteiger partial charge in [-0.25, -0.2) is 13.8 Å². The van der Waals surface area contributed by atoms with Crippen LogP contribution in [0.5, 0.6) is 0 Å². The molecule has 26 heavy (non-hydrogen) atoms. The summed E-state index contributed by atoms with van der Waals surface area (Å²) < 4.78 is 28.2. The van der Waals surface area contributed by atoms with Crippen molar-refractivity contribution in [3.8, 4) is 6.07 Å². The Morgan fingerprint density at radius 2 is 1.96 bits per heavy atom. The van der Waals surface area contributed by atoms with Crippen LogP contribution in [0.4, 0.5) is 8.78 Å². The van der Waals surface area contributed by atoms with Gasteiger partial charge in [0, 0.05) is 18.2 Å². The summed E-state index contributed by atoms with van der Waals surface area (Å²) in [6, 6.07) is 12.3. The number of fused-ring (bicyclic) bond motifs is 1. The number of nitriles is 1. The largest absolute Gasteiger partial charge is 0.295 e. The molecule has 0 aliphatic heterocycles. The third-order valence-electron chi connectivity index (χ3n) is 4.04. The summed E-state index contributed by atoms with van der Waals surface area (Å²) in [5.74, 6) is -0.842. The summed E-state index contributed by atoms with van der Waals surface area (Å²) in [6.07, 6.45) is 0. The van der Waals surface area contributed by atoms with E-state index in [0.717, 1.165) is 6.07 Å². The molecule has 0 saturated carbocycles. The number of aromatic nitrogens is 2. The zero-order valence-electron chi connectivity index (χ0n) is 14.1. The SMILES string of the molecule is CN(Cc1ccc(F)cc1F)Cc1nc2ccccc2c(=O)n1CC#N. The third-order valence-corrected chi connectivity index (χ3v) is 4.04. The van der Waals surface area contributed by atoms with E-state index >= 15 is 0 Å². The van der Waals surface area contributed by atoms with Crippen molar-refractivity contribution in [2.45, 2.75) is 19.6 Å². The van der Waals surface area contributed by atoms with Crippen molar-refractivity contribution in [2.75, 3.05) is 7.05 Å². The minimum Gasteiger partial charge on any atom is -0.295 e. The molecule has 1 aromatic heterocycles. The normalized spacial score (nSPS) is 11.0. The van der Waals surface area contributed by atoms with Crippen molar-refractivity contribution < 1.29 is 8.78 Å². The molecule has 0 N–H and O–H groups in total. The summed E-state index contributed by atoms with van der Waals surface area (Å²) in [4.78, 5) is 18.9. The van der Waals surface area contributed by atoms with E-state index in [4.69, 9.17) is 5.26 Å². The van der Waals surface area contributed by atoms with Gasteiger partial charge in [0.25, 0.3) is 5.56 Å². The van der Waals surface area contributed by atoms with Gasteiger partial charge in [0.2, 0.25) is 0 Å².